The van der Waals surface area contributed by atoms with Crippen molar-refractivity contribution in [3.8, 4) is 16.3 Å². The average Bonchev–Trinajstić information content (AvgIpc) is 3.44. The van der Waals surface area contributed by atoms with Crippen LogP contribution in [0.3, 0.4) is 0 Å². The van der Waals surface area contributed by atoms with E-state index in [0.29, 0.717) is 11.4 Å². The van der Waals surface area contributed by atoms with Crippen LogP contribution in [-0.2, 0) is 9.53 Å². The van der Waals surface area contributed by atoms with E-state index in [1.54, 1.807) is 33.9 Å². The van der Waals surface area contributed by atoms with Crippen molar-refractivity contribution in [3.05, 3.63) is 59.6 Å². The Morgan fingerprint density at radius 3 is 2.52 bits per heavy atom. The summed E-state index contributed by atoms with van der Waals surface area (Å²) in [4.78, 5) is 28.4. The van der Waals surface area contributed by atoms with Crippen LogP contribution in [0.4, 0.5) is 0 Å². The second-order valence-corrected chi connectivity index (χ2v) is 8.02. The summed E-state index contributed by atoms with van der Waals surface area (Å²) in [6.07, 6.45) is 2.30. The van der Waals surface area contributed by atoms with E-state index in [1.165, 1.54) is 0 Å². The molecule has 1 aromatic carbocycles. The highest BCUT2D eigenvalue weighted by atomic mass is 32.1. The molecule has 0 radical (unpaired) electrons. The number of thiophene rings is 1. The third-order valence-corrected chi connectivity index (χ3v) is 5.88. The van der Waals surface area contributed by atoms with Crippen molar-refractivity contribution in [1.82, 2.24) is 14.7 Å². The zero-order chi connectivity index (χ0) is 20.2. The SMILES string of the molecule is C[C@H](OC(=O)c1cc(-c2cccs2)nn1-c1ccccc1)C(=O)N1CCCCC1. The highest BCUT2D eigenvalue weighted by Gasteiger charge is 2.27. The zero-order valence-electron chi connectivity index (χ0n) is 16.3. The van der Waals surface area contributed by atoms with E-state index in [1.807, 2.05) is 47.8 Å². The molecule has 1 aliphatic rings. The predicted molar refractivity (Wildman–Crippen MR) is 112 cm³/mol. The van der Waals surface area contributed by atoms with Crippen LogP contribution >= 0.6 is 11.3 Å². The van der Waals surface area contributed by atoms with E-state index >= 15 is 0 Å². The average molecular weight is 410 g/mol. The fraction of sp³-hybridized carbons (Fsp3) is 0.318. The molecule has 1 saturated heterocycles. The van der Waals surface area contributed by atoms with Gasteiger partial charge < -0.3 is 9.64 Å². The highest BCUT2D eigenvalue weighted by Crippen LogP contribution is 2.26. The van der Waals surface area contributed by atoms with Crippen LogP contribution in [-0.4, -0.2) is 45.8 Å². The van der Waals surface area contributed by atoms with Gasteiger partial charge in [-0.2, -0.15) is 5.10 Å². The molecule has 0 N–H and O–H groups in total. The molecule has 2 aromatic heterocycles. The van der Waals surface area contributed by atoms with E-state index in [-0.39, 0.29) is 5.91 Å². The van der Waals surface area contributed by atoms with Crippen molar-refractivity contribution >= 4 is 23.2 Å². The molecule has 0 saturated carbocycles. The number of esters is 1. The molecule has 0 aliphatic carbocycles. The van der Waals surface area contributed by atoms with E-state index in [4.69, 9.17) is 4.74 Å². The molecule has 150 valence electrons. The molecule has 1 amide bonds. The summed E-state index contributed by atoms with van der Waals surface area (Å²) >= 11 is 1.55. The topological polar surface area (TPSA) is 64.4 Å². The van der Waals surface area contributed by atoms with Crippen molar-refractivity contribution in [3.63, 3.8) is 0 Å². The van der Waals surface area contributed by atoms with Crippen LogP contribution < -0.4 is 0 Å². The Morgan fingerprint density at radius 1 is 1.07 bits per heavy atom. The summed E-state index contributed by atoms with van der Waals surface area (Å²) in [5.74, 6) is -0.690. The van der Waals surface area contributed by atoms with Gasteiger partial charge in [-0.25, -0.2) is 9.48 Å². The van der Waals surface area contributed by atoms with Crippen molar-refractivity contribution < 1.29 is 14.3 Å². The first kappa shape index (κ1) is 19.4. The standard InChI is InChI=1S/C22H23N3O3S/c1-16(21(26)24-12-6-3-7-13-24)28-22(27)19-15-18(20-11-8-14-29-20)23-25(19)17-9-4-2-5-10-17/h2,4-5,8-11,14-16H,3,6-7,12-13H2,1H3/t16-/m0/s1. The largest absolute Gasteiger partial charge is 0.448 e. The molecule has 3 heterocycles. The summed E-state index contributed by atoms with van der Waals surface area (Å²) in [5, 5.41) is 6.58. The quantitative estimate of drug-likeness (QED) is 0.594. The number of piperidine rings is 1. The van der Waals surface area contributed by atoms with Crippen molar-refractivity contribution in [1.29, 1.82) is 0 Å². The van der Waals surface area contributed by atoms with Gasteiger partial charge in [0.15, 0.2) is 11.8 Å². The minimum absolute atomic E-state index is 0.137. The summed E-state index contributed by atoms with van der Waals surface area (Å²) < 4.78 is 7.14. The number of amides is 1. The lowest BCUT2D eigenvalue weighted by atomic mass is 10.1. The molecule has 0 spiro atoms. The number of nitrogens with zero attached hydrogens (tertiary/aromatic N) is 3. The van der Waals surface area contributed by atoms with E-state index < -0.39 is 12.1 Å². The smallest absolute Gasteiger partial charge is 0.357 e. The maximum Gasteiger partial charge on any atom is 0.357 e. The minimum atomic E-state index is -0.829. The zero-order valence-corrected chi connectivity index (χ0v) is 17.1. The third-order valence-electron chi connectivity index (χ3n) is 4.99. The van der Waals surface area contributed by atoms with Gasteiger partial charge >= 0.3 is 5.97 Å². The third kappa shape index (κ3) is 4.24. The van der Waals surface area contributed by atoms with Gasteiger partial charge in [-0.1, -0.05) is 24.3 Å². The van der Waals surface area contributed by atoms with Crippen LogP contribution in [0.25, 0.3) is 16.3 Å². The number of benzene rings is 1. The van der Waals surface area contributed by atoms with Crippen LogP contribution in [0.2, 0.25) is 0 Å². The lowest BCUT2D eigenvalue weighted by molar-refractivity contribution is -0.140. The maximum atomic E-state index is 13.0. The molecule has 1 fully saturated rings. The first-order valence-corrected chi connectivity index (χ1v) is 10.7. The number of hydrogen-bond donors (Lipinski definition) is 0. The molecule has 3 aromatic rings. The van der Waals surface area contributed by atoms with Crippen molar-refractivity contribution in [2.24, 2.45) is 0 Å². The minimum Gasteiger partial charge on any atom is -0.448 e. The molecular formula is C22H23N3O3S. The van der Waals surface area contributed by atoms with Gasteiger partial charge in [0.2, 0.25) is 0 Å². The Morgan fingerprint density at radius 2 is 1.83 bits per heavy atom. The van der Waals surface area contributed by atoms with Gasteiger partial charge in [-0.05, 0) is 49.8 Å². The van der Waals surface area contributed by atoms with Gasteiger partial charge in [0.25, 0.3) is 5.91 Å². The number of ether oxygens (including phenoxy) is 1. The van der Waals surface area contributed by atoms with Crippen LogP contribution in [0, 0.1) is 0 Å². The lowest BCUT2D eigenvalue weighted by Gasteiger charge is -2.28. The van der Waals surface area contributed by atoms with Gasteiger partial charge in [-0.3, -0.25) is 4.79 Å². The number of carbonyl (C=O) groups is 2. The number of hydrogen-bond acceptors (Lipinski definition) is 5. The molecule has 0 bridgehead atoms. The van der Waals surface area contributed by atoms with Crippen molar-refractivity contribution in [2.45, 2.75) is 32.3 Å². The Hall–Kier alpha value is -2.93. The van der Waals surface area contributed by atoms with Gasteiger partial charge in [0.1, 0.15) is 5.69 Å². The van der Waals surface area contributed by atoms with Gasteiger partial charge in [-0.15, -0.1) is 11.3 Å². The fourth-order valence-electron chi connectivity index (χ4n) is 3.48. The van der Waals surface area contributed by atoms with Crippen molar-refractivity contribution in [2.75, 3.05) is 13.1 Å². The predicted octanol–water partition coefficient (Wildman–Crippen LogP) is 4.16. The van der Waals surface area contributed by atoms with E-state index in [0.717, 1.165) is 42.9 Å². The fourth-order valence-corrected chi connectivity index (χ4v) is 4.16. The summed E-state index contributed by atoms with van der Waals surface area (Å²) in [7, 11) is 0. The first-order chi connectivity index (χ1) is 14.1. The maximum absolute atomic E-state index is 13.0. The second kappa shape index (κ2) is 8.61. The molecule has 1 atom stereocenters. The molecule has 7 heteroatoms. The van der Waals surface area contributed by atoms with E-state index in [9.17, 15) is 9.59 Å². The number of likely N-dealkylation sites (tertiary alicyclic amines) is 1. The molecule has 0 unspecified atom stereocenters. The molecule has 4 rings (SSSR count). The Kier molecular flexibility index (Phi) is 5.76. The Balaban J connectivity index is 1.59. The number of rotatable bonds is 5. The second-order valence-electron chi connectivity index (χ2n) is 7.07. The first-order valence-electron chi connectivity index (χ1n) is 9.82. The van der Waals surface area contributed by atoms with Crippen LogP contribution in [0.1, 0.15) is 36.7 Å². The summed E-state index contributed by atoms with van der Waals surface area (Å²) in [6.45, 7) is 3.09. The Bertz CT molecular complexity index is 976. The number of carbonyl (C=O) groups excluding carboxylic acids is 2. The molecule has 1 aliphatic heterocycles. The Labute approximate surface area is 173 Å². The van der Waals surface area contributed by atoms with Gasteiger partial charge in [0.05, 0.1) is 10.6 Å². The molecular weight excluding hydrogens is 386 g/mol. The highest BCUT2D eigenvalue weighted by molar-refractivity contribution is 7.13. The van der Waals surface area contributed by atoms with Crippen LogP contribution in [0.5, 0.6) is 0 Å². The van der Waals surface area contributed by atoms with E-state index in [2.05, 4.69) is 5.10 Å². The van der Waals surface area contributed by atoms with Gasteiger partial charge in [0, 0.05) is 19.2 Å². The monoisotopic (exact) mass is 409 g/mol. The normalized spacial score (nSPS) is 15.1. The lowest BCUT2D eigenvalue weighted by Crippen LogP contribution is -2.42. The molecule has 29 heavy (non-hydrogen) atoms. The number of aromatic nitrogens is 2. The van der Waals surface area contributed by atoms with Crippen LogP contribution in [0.15, 0.2) is 53.9 Å². The molecule has 6 nitrogen and oxygen atoms in total. The number of para-hydroxylation sites is 1. The summed E-state index contributed by atoms with van der Waals surface area (Å²) in [6, 6.07) is 15.1. The summed E-state index contributed by atoms with van der Waals surface area (Å²) in [5.41, 5.74) is 1.76.